The van der Waals surface area contributed by atoms with Crippen LogP contribution in [0.1, 0.15) is 44.2 Å². The van der Waals surface area contributed by atoms with Crippen molar-refractivity contribution >= 4 is 5.97 Å². The second-order valence-electron chi connectivity index (χ2n) is 4.42. The molecular weight excluding hydrogens is 226 g/mol. The van der Waals surface area contributed by atoms with Crippen LogP contribution in [-0.2, 0) is 9.53 Å². The molecule has 0 aliphatic heterocycles. The molecular formula is C15H23NO2. The van der Waals surface area contributed by atoms with Gasteiger partial charge in [0, 0.05) is 6.04 Å². The number of carbonyl (C=O) groups excluding carboxylic acids is 1. The number of esters is 1. The first-order valence-electron chi connectivity index (χ1n) is 6.63. The molecule has 0 saturated carbocycles. The van der Waals surface area contributed by atoms with Gasteiger partial charge in [-0.15, -0.1) is 0 Å². The van der Waals surface area contributed by atoms with Crippen LogP contribution in [0.3, 0.4) is 0 Å². The number of hydrogen-bond donors (Lipinski definition) is 1. The lowest BCUT2D eigenvalue weighted by atomic mass is 10.0. The van der Waals surface area contributed by atoms with E-state index in [2.05, 4.69) is 29.1 Å². The third kappa shape index (κ3) is 5.32. The van der Waals surface area contributed by atoms with Crippen LogP contribution in [0, 0.1) is 0 Å². The average molecular weight is 249 g/mol. The summed E-state index contributed by atoms with van der Waals surface area (Å²) in [7, 11) is 1.42. The summed E-state index contributed by atoms with van der Waals surface area (Å²) in [6.45, 7) is 2.46. The predicted octanol–water partition coefficient (Wildman–Crippen LogP) is 3.07. The van der Waals surface area contributed by atoms with Crippen LogP contribution in [0.15, 0.2) is 30.3 Å². The molecule has 0 spiro atoms. The van der Waals surface area contributed by atoms with Gasteiger partial charge in [-0.3, -0.25) is 4.79 Å². The van der Waals surface area contributed by atoms with Gasteiger partial charge < -0.3 is 10.1 Å². The van der Waals surface area contributed by atoms with E-state index in [1.165, 1.54) is 31.9 Å². The van der Waals surface area contributed by atoms with Gasteiger partial charge in [-0.25, -0.2) is 0 Å². The number of ether oxygens (including phenoxy) is 1. The highest BCUT2D eigenvalue weighted by molar-refractivity contribution is 5.71. The van der Waals surface area contributed by atoms with Gasteiger partial charge in [0.1, 0.15) is 0 Å². The summed E-state index contributed by atoms with van der Waals surface area (Å²) in [5.41, 5.74) is 1.23. The highest BCUT2D eigenvalue weighted by Crippen LogP contribution is 2.19. The zero-order valence-corrected chi connectivity index (χ0v) is 11.3. The van der Waals surface area contributed by atoms with Crippen molar-refractivity contribution in [3.63, 3.8) is 0 Å². The van der Waals surface area contributed by atoms with Crippen LogP contribution in [0.2, 0.25) is 0 Å². The Morgan fingerprint density at radius 2 is 2.00 bits per heavy atom. The van der Waals surface area contributed by atoms with Crippen LogP contribution in [-0.4, -0.2) is 19.6 Å². The standard InChI is InChI=1S/C15H23NO2/c1-3-4-6-11-14(16-12-15(17)18-2)13-9-7-5-8-10-13/h5,7-10,14,16H,3-4,6,11-12H2,1-2H3. The van der Waals surface area contributed by atoms with E-state index in [1.54, 1.807) is 0 Å². The number of benzene rings is 1. The summed E-state index contributed by atoms with van der Waals surface area (Å²) in [6.07, 6.45) is 4.65. The highest BCUT2D eigenvalue weighted by Gasteiger charge is 2.12. The summed E-state index contributed by atoms with van der Waals surface area (Å²) in [6, 6.07) is 10.5. The second-order valence-corrected chi connectivity index (χ2v) is 4.42. The fraction of sp³-hybridized carbons (Fsp3) is 0.533. The van der Waals surface area contributed by atoms with E-state index in [0.29, 0.717) is 0 Å². The Kier molecular flexibility index (Phi) is 7.11. The lowest BCUT2D eigenvalue weighted by Gasteiger charge is -2.18. The summed E-state index contributed by atoms with van der Waals surface area (Å²) >= 11 is 0. The first-order chi connectivity index (χ1) is 8.77. The Balaban J connectivity index is 2.54. The SMILES string of the molecule is CCCCCC(NCC(=O)OC)c1ccccc1. The van der Waals surface area contributed by atoms with Gasteiger partial charge in [0.25, 0.3) is 0 Å². The number of rotatable bonds is 8. The molecule has 1 aromatic rings. The smallest absolute Gasteiger partial charge is 0.319 e. The zero-order chi connectivity index (χ0) is 13.2. The summed E-state index contributed by atoms with van der Waals surface area (Å²) in [5, 5.41) is 3.27. The molecule has 0 bridgehead atoms. The molecule has 0 radical (unpaired) electrons. The lowest BCUT2D eigenvalue weighted by Crippen LogP contribution is -2.28. The van der Waals surface area contributed by atoms with Crippen molar-refractivity contribution in [1.82, 2.24) is 5.32 Å². The minimum atomic E-state index is -0.216. The molecule has 0 fully saturated rings. The van der Waals surface area contributed by atoms with E-state index < -0.39 is 0 Å². The first kappa shape index (κ1) is 14.7. The molecule has 1 aromatic carbocycles. The molecule has 3 heteroatoms. The topological polar surface area (TPSA) is 38.3 Å². The predicted molar refractivity (Wildman–Crippen MR) is 73.3 cm³/mol. The largest absolute Gasteiger partial charge is 0.468 e. The van der Waals surface area contributed by atoms with E-state index in [1.807, 2.05) is 18.2 Å². The monoisotopic (exact) mass is 249 g/mol. The van der Waals surface area contributed by atoms with Gasteiger partial charge in [0.15, 0.2) is 0 Å². The van der Waals surface area contributed by atoms with Gasteiger partial charge in [-0.1, -0.05) is 56.5 Å². The van der Waals surface area contributed by atoms with E-state index in [9.17, 15) is 4.79 Å². The normalized spacial score (nSPS) is 12.1. The fourth-order valence-corrected chi connectivity index (χ4v) is 1.95. The number of carbonyl (C=O) groups is 1. The van der Waals surface area contributed by atoms with Gasteiger partial charge in [-0.05, 0) is 12.0 Å². The molecule has 0 aromatic heterocycles. The number of hydrogen-bond acceptors (Lipinski definition) is 3. The molecule has 1 unspecified atom stereocenters. The van der Waals surface area contributed by atoms with Crippen LogP contribution < -0.4 is 5.32 Å². The number of unbranched alkanes of at least 4 members (excludes halogenated alkanes) is 2. The molecule has 3 nitrogen and oxygen atoms in total. The van der Waals surface area contributed by atoms with Crippen LogP contribution in [0.5, 0.6) is 0 Å². The van der Waals surface area contributed by atoms with Crippen molar-refractivity contribution in [3.05, 3.63) is 35.9 Å². The van der Waals surface area contributed by atoms with Crippen molar-refractivity contribution in [2.45, 2.75) is 38.6 Å². The third-order valence-electron chi connectivity index (χ3n) is 3.02. The molecule has 0 saturated heterocycles. The summed E-state index contributed by atoms with van der Waals surface area (Å²) in [4.78, 5) is 11.2. The Labute approximate surface area is 110 Å². The summed E-state index contributed by atoms with van der Waals surface area (Å²) < 4.78 is 4.66. The van der Waals surface area contributed by atoms with Gasteiger partial charge in [-0.2, -0.15) is 0 Å². The molecule has 0 aliphatic rings. The quantitative estimate of drug-likeness (QED) is 0.568. The Hall–Kier alpha value is -1.35. The lowest BCUT2D eigenvalue weighted by molar-refractivity contribution is -0.139. The van der Waals surface area contributed by atoms with E-state index >= 15 is 0 Å². The van der Waals surface area contributed by atoms with E-state index in [4.69, 9.17) is 0 Å². The molecule has 1 rings (SSSR count). The highest BCUT2D eigenvalue weighted by atomic mass is 16.5. The minimum absolute atomic E-state index is 0.216. The van der Waals surface area contributed by atoms with E-state index in [-0.39, 0.29) is 18.6 Å². The van der Waals surface area contributed by atoms with Gasteiger partial charge >= 0.3 is 5.97 Å². The third-order valence-corrected chi connectivity index (χ3v) is 3.02. The van der Waals surface area contributed by atoms with Crippen molar-refractivity contribution in [2.24, 2.45) is 0 Å². The Bertz CT molecular complexity index is 338. The molecule has 0 amide bonds. The molecule has 0 aliphatic carbocycles. The molecule has 1 N–H and O–H groups in total. The second kappa shape index (κ2) is 8.70. The summed E-state index contributed by atoms with van der Waals surface area (Å²) in [5.74, 6) is -0.216. The van der Waals surface area contributed by atoms with Crippen molar-refractivity contribution in [3.8, 4) is 0 Å². The van der Waals surface area contributed by atoms with Crippen molar-refractivity contribution in [2.75, 3.05) is 13.7 Å². The first-order valence-corrected chi connectivity index (χ1v) is 6.63. The maximum atomic E-state index is 11.2. The molecule has 100 valence electrons. The Morgan fingerprint density at radius 3 is 2.61 bits per heavy atom. The van der Waals surface area contributed by atoms with Crippen molar-refractivity contribution < 1.29 is 9.53 Å². The maximum Gasteiger partial charge on any atom is 0.319 e. The molecule has 18 heavy (non-hydrogen) atoms. The van der Waals surface area contributed by atoms with E-state index in [0.717, 1.165) is 6.42 Å². The van der Waals surface area contributed by atoms with Gasteiger partial charge in [0.05, 0.1) is 13.7 Å². The number of nitrogens with one attached hydrogen (secondary N) is 1. The minimum Gasteiger partial charge on any atom is -0.468 e. The number of methoxy groups -OCH3 is 1. The molecule has 1 atom stereocenters. The van der Waals surface area contributed by atoms with Gasteiger partial charge in [0.2, 0.25) is 0 Å². The van der Waals surface area contributed by atoms with Crippen LogP contribution >= 0.6 is 0 Å². The fourth-order valence-electron chi connectivity index (χ4n) is 1.95. The Morgan fingerprint density at radius 1 is 1.28 bits per heavy atom. The van der Waals surface area contributed by atoms with Crippen LogP contribution in [0.25, 0.3) is 0 Å². The average Bonchev–Trinajstić information content (AvgIpc) is 2.43. The van der Waals surface area contributed by atoms with Crippen LogP contribution in [0.4, 0.5) is 0 Å². The molecule has 0 heterocycles. The van der Waals surface area contributed by atoms with Crippen molar-refractivity contribution in [1.29, 1.82) is 0 Å². The maximum absolute atomic E-state index is 11.2. The zero-order valence-electron chi connectivity index (χ0n) is 11.3.